The third kappa shape index (κ3) is 3.07. The Morgan fingerprint density at radius 2 is 1.90 bits per heavy atom. The first kappa shape index (κ1) is 14.4. The molecule has 0 amide bonds. The van der Waals surface area contributed by atoms with Crippen LogP contribution in [-0.2, 0) is 12.8 Å². The molecule has 3 nitrogen and oxygen atoms in total. The summed E-state index contributed by atoms with van der Waals surface area (Å²) in [4.78, 5) is 9.28. The van der Waals surface area contributed by atoms with Gasteiger partial charge in [0.25, 0.3) is 0 Å². The number of rotatable bonds is 2. The minimum absolute atomic E-state index is 0.288. The second-order valence-electron chi connectivity index (χ2n) is 5.29. The van der Waals surface area contributed by atoms with Gasteiger partial charge in [0.15, 0.2) is 5.82 Å². The number of fused-ring (bicyclic) bond motifs is 1. The predicted molar refractivity (Wildman–Crippen MR) is 85.9 cm³/mol. The lowest BCUT2D eigenvalue weighted by atomic mass is 10.1. The van der Waals surface area contributed by atoms with E-state index in [1.54, 1.807) is 0 Å². The van der Waals surface area contributed by atoms with E-state index in [1.807, 2.05) is 13.1 Å². The molecule has 0 saturated heterocycles. The Labute approximate surface area is 132 Å². The van der Waals surface area contributed by atoms with Gasteiger partial charge >= 0.3 is 0 Å². The Hall–Kier alpha value is -1.49. The summed E-state index contributed by atoms with van der Waals surface area (Å²) in [5.41, 5.74) is 3.02. The largest absolute Gasteiger partial charge is 0.373 e. The van der Waals surface area contributed by atoms with Crippen molar-refractivity contribution < 1.29 is 4.39 Å². The molecule has 0 spiro atoms. The normalized spacial score (nSPS) is 14.4. The molecule has 1 aliphatic rings. The minimum Gasteiger partial charge on any atom is -0.373 e. The lowest BCUT2D eigenvalue weighted by molar-refractivity contribution is 0.627. The molecule has 1 aromatic carbocycles. The van der Waals surface area contributed by atoms with E-state index in [4.69, 9.17) is 4.98 Å². The van der Waals surface area contributed by atoms with E-state index in [-0.39, 0.29) is 5.82 Å². The maximum atomic E-state index is 13.6. The zero-order chi connectivity index (χ0) is 14.8. The molecular weight excluding hydrogens is 333 g/mol. The third-order valence-electron chi connectivity index (χ3n) is 3.79. The number of hydrogen-bond donors (Lipinski definition) is 1. The van der Waals surface area contributed by atoms with Gasteiger partial charge in [-0.05, 0) is 43.9 Å². The van der Waals surface area contributed by atoms with Gasteiger partial charge in [0.2, 0.25) is 0 Å². The summed E-state index contributed by atoms with van der Waals surface area (Å²) in [5, 5.41) is 3.17. The molecule has 0 saturated carbocycles. The number of aromatic nitrogens is 2. The van der Waals surface area contributed by atoms with E-state index in [1.165, 1.54) is 30.5 Å². The van der Waals surface area contributed by atoms with E-state index in [2.05, 4.69) is 26.2 Å². The number of nitrogens with zero attached hydrogens (tertiary/aromatic N) is 2. The van der Waals surface area contributed by atoms with Crippen molar-refractivity contribution in [2.45, 2.75) is 32.1 Å². The van der Waals surface area contributed by atoms with E-state index >= 15 is 0 Å². The summed E-state index contributed by atoms with van der Waals surface area (Å²) in [6.45, 7) is 0. The standard InChI is InChI=1S/C16H17BrFN3/c1-19-16-13-5-3-2-4-6-14(13)20-15(21-16)10-7-11(17)9-12(18)8-10/h7-9H,2-6H2,1H3,(H,19,20,21). The molecule has 110 valence electrons. The first-order valence-corrected chi connectivity index (χ1v) is 8.00. The first-order chi connectivity index (χ1) is 10.2. The maximum Gasteiger partial charge on any atom is 0.161 e. The quantitative estimate of drug-likeness (QED) is 0.818. The summed E-state index contributed by atoms with van der Waals surface area (Å²) in [5.74, 6) is 1.17. The van der Waals surface area contributed by atoms with Crippen LogP contribution in [0.2, 0.25) is 0 Å². The molecule has 0 atom stereocenters. The Morgan fingerprint density at radius 3 is 2.67 bits per heavy atom. The zero-order valence-corrected chi connectivity index (χ0v) is 13.5. The van der Waals surface area contributed by atoms with Crippen LogP contribution in [0.15, 0.2) is 22.7 Å². The van der Waals surface area contributed by atoms with E-state index in [9.17, 15) is 4.39 Å². The summed E-state index contributed by atoms with van der Waals surface area (Å²) >= 11 is 3.32. The second-order valence-corrected chi connectivity index (χ2v) is 6.21. The topological polar surface area (TPSA) is 37.8 Å². The summed E-state index contributed by atoms with van der Waals surface area (Å²) in [6, 6.07) is 4.76. The number of halogens is 2. The van der Waals surface area contributed by atoms with Crippen molar-refractivity contribution in [1.82, 2.24) is 9.97 Å². The van der Waals surface area contributed by atoms with Gasteiger partial charge in [0, 0.05) is 28.3 Å². The summed E-state index contributed by atoms with van der Waals surface area (Å²) < 4.78 is 14.3. The monoisotopic (exact) mass is 349 g/mol. The molecular formula is C16H17BrFN3. The molecule has 0 radical (unpaired) electrons. The molecule has 1 heterocycles. The van der Waals surface area contributed by atoms with Crippen LogP contribution in [-0.4, -0.2) is 17.0 Å². The molecule has 1 aromatic heterocycles. The van der Waals surface area contributed by atoms with E-state index < -0.39 is 0 Å². The van der Waals surface area contributed by atoms with Crippen LogP contribution in [0.5, 0.6) is 0 Å². The number of hydrogen-bond acceptors (Lipinski definition) is 3. The van der Waals surface area contributed by atoms with Crippen LogP contribution in [0, 0.1) is 5.82 Å². The van der Waals surface area contributed by atoms with Crippen LogP contribution in [0.1, 0.15) is 30.5 Å². The SMILES string of the molecule is CNc1nc(-c2cc(F)cc(Br)c2)nc2c1CCCCC2. The van der Waals surface area contributed by atoms with Gasteiger partial charge in [-0.1, -0.05) is 22.4 Å². The average Bonchev–Trinajstić information content (AvgIpc) is 2.70. The first-order valence-electron chi connectivity index (χ1n) is 7.21. The minimum atomic E-state index is -0.288. The number of nitrogens with one attached hydrogen (secondary N) is 1. The molecule has 3 rings (SSSR count). The summed E-state index contributed by atoms with van der Waals surface area (Å²) in [7, 11) is 1.87. The fourth-order valence-corrected chi connectivity index (χ4v) is 3.25. The zero-order valence-electron chi connectivity index (χ0n) is 11.9. The number of aryl methyl sites for hydroxylation is 1. The third-order valence-corrected chi connectivity index (χ3v) is 4.25. The van der Waals surface area contributed by atoms with Crippen molar-refractivity contribution in [3.63, 3.8) is 0 Å². The molecule has 0 bridgehead atoms. The molecule has 0 unspecified atom stereocenters. The van der Waals surface area contributed by atoms with Crippen molar-refractivity contribution in [2.75, 3.05) is 12.4 Å². The average molecular weight is 350 g/mol. The van der Waals surface area contributed by atoms with Crippen LogP contribution in [0.25, 0.3) is 11.4 Å². The lowest BCUT2D eigenvalue weighted by Crippen LogP contribution is -2.07. The molecule has 21 heavy (non-hydrogen) atoms. The maximum absolute atomic E-state index is 13.6. The van der Waals surface area contributed by atoms with Crippen molar-refractivity contribution in [3.05, 3.63) is 39.7 Å². The van der Waals surface area contributed by atoms with Gasteiger partial charge in [0.1, 0.15) is 11.6 Å². The van der Waals surface area contributed by atoms with Gasteiger partial charge in [-0.2, -0.15) is 0 Å². The van der Waals surface area contributed by atoms with Crippen LogP contribution < -0.4 is 5.32 Å². The molecule has 2 aromatic rings. The van der Waals surface area contributed by atoms with Crippen LogP contribution >= 0.6 is 15.9 Å². The Kier molecular flexibility index (Phi) is 4.19. The fourth-order valence-electron chi connectivity index (χ4n) is 2.79. The number of benzene rings is 1. The van der Waals surface area contributed by atoms with Gasteiger partial charge in [-0.25, -0.2) is 14.4 Å². The fraction of sp³-hybridized carbons (Fsp3) is 0.375. The predicted octanol–water partition coefficient (Wildman–Crippen LogP) is 4.36. The van der Waals surface area contributed by atoms with Crippen molar-refractivity contribution >= 4 is 21.7 Å². The Morgan fingerprint density at radius 1 is 1.10 bits per heavy atom. The summed E-state index contributed by atoms with van der Waals surface area (Å²) in [6.07, 6.45) is 5.53. The molecule has 0 aliphatic heterocycles. The van der Waals surface area contributed by atoms with Crippen molar-refractivity contribution in [1.29, 1.82) is 0 Å². The molecule has 1 N–H and O–H groups in total. The highest BCUT2D eigenvalue weighted by Crippen LogP contribution is 2.29. The Balaban J connectivity index is 2.13. The van der Waals surface area contributed by atoms with Gasteiger partial charge < -0.3 is 5.32 Å². The van der Waals surface area contributed by atoms with Crippen LogP contribution in [0.4, 0.5) is 10.2 Å². The molecule has 0 fully saturated rings. The van der Waals surface area contributed by atoms with E-state index in [0.717, 1.165) is 30.8 Å². The van der Waals surface area contributed by atoms with Crippen LogP contribution in [0.3, 0.4) is 0 Å². The second kappa shape index (κ2) is 6.10. The molecule has 1 aliphatic carbocycles. The number of anilines is 1. The highest BCUT2D eigenvalue weighted by molar-refractivity contribution is 9.10. The van der Waals surface area contributed by atoms with Gasteiger partial charge in [-0.15, -0.1) is 0 Å². The smallest absolute Gasteiger partial charge is 0.161 e. The van der Waals surface area contributed by atoms with Gasteiger partial charge in [-0.3, -0.25) is 0 Å². The van der Waals surface area contributed by atoms with Gasteiger partial charge in [0.05, 0.1) is 0 Å². The highest BCUT2D eigenvalue weighted by Gasteiger charge is 2.17. The van der Waals surface area contributed by atoms with E-state index in [0.29, 0.717) is 15.9 Å². The Bertz CT molecular complexity index is 653. The van der Waals surface area contributed by atoms with Crippen molar-refractivity contribution in [3.8, 4) is 11.4 Å². The van der Waals surface area contributed by atoms with Crippen molar-refractivity contribution in [2.24, 2.45) is 0 Å². The highest BCUT2D eigenvalue weighted by atomic mass is 79.9. The molecule has 5 heteroatoms. The lowest BCUT2D eigenvalue weighted by Gasteiger charge is -2.13.